The molecule has 20 heavy (non-hydrogen) atoms. The molecule has 0 aliphatic heterocycles. The summed E-state index contributed by atoms with van der Waals surface area (Å²) >= 11 is 4.98. The maximum absolute atomic E-state index is 5.63. The molecule has 0 atom stereocenters. The smallest absolute Gasteiger partial charge is 0.142 e. The second kappa shape index (κ2) is 5.38. The predicted octanol–water partition coefficient (Wildman–Crippen LogP) is 2.77. The van der Waals surface area contributed by atoms with Crippen molar-refractivity contribution in [2.75, 3.05) is 0 Å². The van der Waals surface area contributed by atoms with Gasteiger partial charge in [0.1, 0.15) is 5.82 Å². The standard InChI is InChI=1S/C15H14N4S/c16-14(20)7-9-19-13-6-2-1-5-12(13)18-15(19)11-4-3-8-17-10-11/h1-6,8,10H,7,9H2,(H2,16,20). The number of hydrogen-bond acceptors (Lipinski definition) is 3. The van der Waals surface area contributed by atoms with Gasteiger partial charge >= 0.3 is 0 Å². The normalized spacial score (nSPS) is 10.8. The highest BCUT2D eigenvalue weighted by Crippen LogP contribution is 2.24. The minimum atomic E-state index is 0.514. The van der Waals surface area contributed by atoms with Crippen LogP contribution >= 0.6 is 12.2 Å². The van der Waals surface area contributed by atoms with E-state index in [-0.39, 0.29) is 0 Å². The van der Waals surface area contributed by atoms with E-state index in [9.17, 15) is 0 Å². The van der Waals surface area contributed by atoms with Gasteiger partial charge in [0.25, 0.3) is 0 Å². The third kappa shape index (κ3) is 2.40. The number of fused-ring (bicyclic) bond motifs is 1. The van der Waals surface area contributed by atoms with Gasteiger partial charge < -0.3 is 10.3 Å². The minimum Gasteiger partial charge on any atom is -0.393 e. The van der Waals surface area contributed by atoms with Crippen LogP contribution in [0, 0.1) is 0 Å². The lowest BCUT2D eigenvalue weighted by Gasteiger charge is -2.08. The number of nitrogens with zero attached hydrogens (tertiary/aromatic N) is 3. The molecule has 0 aliphatic carbocycles. The molecule has 0 saturated carbocycles. The van der Waals surface area contributed by atoms with Gasteiger partial charge in [-0.25, -0.2) is 4.98 Å². The van der Waals surface area contributed by atoms with Crippen LogP contribution in [0.15, 0.2) is 48.8 Å². The molecule has 2 aromatic heterocycles. The number of imidazole rings is 1. The van der Waals surface area contributed by atoms with E-state index in [1.807, 2.05) is 36.5 Å². The molecule has 4 nitrogen and oxygen atoms in total. The topological polar surface area (TPSA) is 56.7 Å². The highest BCUT2D eigenvalue weighted by atomic mass is 32.1. The maximum Gasteiger partial charge on any atom is 0.142 e. The van der Waals surface area contributed by atoms with E-state index in [0.29, 0.717) is 11.4 Å². The number of thiocarbonyl (C=S) groups is 1. The Morgan fingerprint density at radius 1 is 1.20 bits per heavy atom. The van der Waals surface area contributed by atoms with Crippen molar-refractivity contribution >= 4 is 28.2 Å². The summed E-state index contributed by atoms with van der Waals surface area (Å²) in [5, 5.41) is 0. The number of aryl methyl sites for hydroxylation is 1. The average Bonchev–Trinajstić information content (AvgIpc) is 2.84. The summed E-state index contributed by atoms with van der Waals surface area (Å²) in [4.78, 5) is 9.38. The van der Waals surface area contributed by atoms with Crippen molar-refractivity contribution in [2.24, 2.45) is 5.73 Å². The van der Waals surface area contributed by atoms with E-state index in [0.717, 1.165) is 29.0 Å². The second-order valence-corrected chi connectivity index (χ2v) is 5.06. The van der Waals surface area contributed by atoms with Crippen molar-refractivity contribution < 1.29 is 0 Å². The number of aromatic nitrogens is 3. The molecule has 3 rings (SSSR count). The predicted molar refractivity (Wildman–Crippen MR) is 84.4 cm³/mol. The quantitative estimate of drug-likeness (QED) is 0.748. The molecule has 0 aliphatic rings. The highest BCUT2D eigenvalue weighted by molar-refractivity contribution is 7.80. The van der Waals surface area contributed by atoms with Crippen molar-refractivity contribution in [3.63, 3.8) is 0 Å². The van der Waals surface area contributed by atoms with Gasteiger partial charge in [0.05, 0.1) is 16.0 Å². The molecule has 100 valence electrons. The summed E-state index contributed by atoms with van der Waals surface area (Å²) in [5.41, 5.74) is 8.67. The van der Waals surface area contributed by atoms with Crippen LogP contribution in [0.4, 0.5) is 0 Å². The van der Waals surface area contributed by atoms with E-state index in [4.69, 9.17) is 22.9 Å². The molecule has 0 spiro atoms. The van der Waals surface area contributed by atoms with Gasteiger partial charge in [0.15, 0.2) is 0 Å². The van der Waals surface area contributed by atoms with Crippen molar-refractivity contribution in [3.8, 4) is 11.4 Å². The van der Waals surface area contributed by atoms with Gasteiger partial charge in [-0.05, 0) is 24.3 Å². The van der Waals surface area contributed by atoms with E-state index >= 15 is 0 Å². The largest absolute Gasteiger partial charge is 0.393 e. The van der Waals surface area contributed by atoms with E-state index in [1.54, 1.807) is 6.20 Å². The molecule has 0 fully saturated rings. The molecule has 0 saturated heterocycles. The van der Waals surface area contributed by atoms with Crippen molar-refractivity contribution in [1.29, 1.82) is 0 Å². The Balaban J connectivity index is 2.15. The molecule has 0 unspecified atom stereocenters. The Kier molecular flexibility index (Phi) is 3.43. The van der Waals surface area contributed by atoms with Crippen LogP contribution in [0.25, 0.3) is 22.4 Å². The first-order valence-corrected chi connectivity index (χ1v) is 6.80. The molecular formula is C15H14N4S. The van der Waals surface area contributed by atoms with E-state index in [1.165, 1.54) is 0 Å². The van der Waals surface area contributed by atoms with Crippen LogP contribution in [-0.2, 0) is 6.54 Å². The monoisotopic (exact) mass is 282 g/mol. The van der Waals surface area contributed by atoms with Gasteiger partial charge in [-0.3, -0.25) is 4.98 Å². The lowest BCUT2D eigenvalue weighted by molar-refractivity contribution is 0.756. The minimum absolute atomic E-state index is 0.514. The summed E-state index contributed by atoms with van der Waals surface area (Å²) < 4.78 is 2.14. The first-order valence-electron chi connectivity index (χ1n) is 6.39. The Labute approximate surface area is 122 Å². The number of pyridine rings is 1. The zero-order chi connectivity index (χ0) is 13.9. The SMILES string of the molecule is NC(=S)CCn1c(-c2cccnc2)nc2ccccc21. The summed E-state index contributed by atoms with van der Waals surface area (Å²) in [7, 11) is 0. The molecule has 0 radical (unpaired) electrons. The van der Waals surface area contributed by atoms with Crippen LogP contribution in [0.1, 0.15) is 6.42 Å². The number of para-hydroxylation sites is 2. The third-order valence-corrected chi connectivity index (χ3v) is 3.36. The zero-order valence-electron chi connectivity index (χ0n) is 10.9. The molecule has 2 heterocycles. The van der Waals surface area contributed by atoms with E-state index < -0.39 is 0 Å². The molecule has 2 N–H and O–H groups in total. The Morgan fingerprint density at radius 2 is 2.05 bits per heavy atom. The fourth-order valence-corrected chi connectivity index (χ4v) is 2.33. The summed E-state index contributed by atoms with van der Waals surface area (Å²) in [6.07, 6.45) is 4.23. The molecule has 0 bridgehead atoms. The van der Waals surface area contributed by atoms with Crippen molar-refractivity contribution in [3.05, 3.63) is 48.8 Å². The van der Waals surface area contributed by atoms with Gasteiger partial charge in [0.2, 0.25) is 0 Å². The van der Waals surface area contributed by atoms with E-state index in [2.05, 4.69) is 15.6 Å². The number of nitrogens with two attached hydrogens (primary N) is 1. The van der Waals surface area contributed by atoms with Gasteiger partial charge in [-0.2, -0.15) is 0 Å². The highest BCUT2D eigenvalue weighted by Gasteiger charge is 2.12. The second-order valence-electron chi connectivity index (χ2n) is 4.53. The fourth-order valence-electron chi connectivity index (χ4n) is 2.24. The summed E-state index contributed by atoms with van der Waals surface area (Å²) in [6, 6.07) is 12.0. The zero-order valence-corrected chi connectivity index (χ0v) is 11.7. The Morgan fingerprint density at radius 3 is 2.80 bits per heavy atom. The molecule has 1 aromatic carbocycles. The Bertz CT molecular complexity index is 749. The molecule has 0 amide bonds. The maximum atomic E-state index is 5.63. The van der Waals surface area contributed by atoms with Crippen molar-refractivity contribution in [2.45, 2.75) is 13.0 Å². The molecule has 5 heteroatoms. The van der Waals surface area contributed by atoms with Gasteiger partial charge in [-0.15, -0.1) is 0 Å². The van der Waals surface area contributed by atoms with Crippen LogP contribution in [0.3, 0.4) is 0 Å². The first-order chi connectivity index (χ1) is 9.75. The van der Waals surface area contributed by atoms with Crippen LogP contribution in [0.5, 0.6) is 0 Å². The lowest BCUT2D eigenvalue weighted by atomic mass is 10.2. The van der Waals surface area contributed by atoms with Gasteiger partial charge in [0, 0.05) is 30.9 Å². The Hall–Kier alpha value is -2.27. The summed E-state index contributed by atoms with van der Waals surface area (Å²) in [6.45, 7) is 0.722. The molecule has 3 aromatic rings. The average molecular weight is 282 g/mol. The van der Waals surface area contributed by atoms with Crippen LogP contribution < -0.4 is 5.73 Å². The van der Waals surface area contributed by atoms with Crippen molar-refractivity contribution in [1.82, 2.24) is 14.5 Å². The lowest BCUT2D eigenvalue weighted by Crippen LogP contribution is -2.12. The first kappa shape index (κ1) is 12.7. The summed E-state index contributed by atoms with van der Waals surface area (Å²) in [5.74, 6) is 0.899. The fraction of sp³-hybridized carbons (Fsp3) is 0.133. The van der Waals surface area contributed by atoms with Crippen LogP contribution in [-0.4, -0.2) is 19.5 Å². The number of rotatable bonds is 4. The van der Waals surface area contributed by atoms with Gasteiger partial charge in [-0.1, -0.05) is 24.4 Å². The number of benzene rings is 1. The molecular weight excluding hydrogens is 268 g/mol. The third-order valence-electron chi connectivity index (χ3n) is 3.16. The van der Waals surface area contributed by atoms with Crippen LogP contribution in [0.2, 0.25) is 0 Å². The number of hydrogen-bond donors (Lipinski definition) is 1.